The molecule has 148 valence electrons. The zero-order valence-electron chi connectivity index (χ0n) is 16.5. The van der Waals surface area contributed by atoms with Gasteiger partial charge in [-0.25, -0.2) is 13.1 Å². The summed E-state index contributed by atoms with van der Waals surface area (Å²) in [4.78, 5) is 2.42. The first-order valence-corrected chi connectivity index (χ1v) is 11.3. The third-order valence-electron chi connectivity index (χ3n) is 4.92. The average molecular weight is 392 g/mol. The summed E-state index contributed by atoms with van der Waals surface area (Å²) in [6, 6.07) is 8.22. The van der Waals surface area contributed by atoms with Gasteiger partial charge in [-0.15, -0.1) is 10.2 Å². The summed E-state index contributed by atoms with van der Waals surface area (Å²) >= 11 is 0. The molecule has 8 heteroatoms. The van der Waals surface area contributed by atoms with Crippen molar-refractivity contribution in [1.82, 2.24) is 24.4 Å². The summed E-state index contributed by atoms with van der Waals surface area (Å²) in [7, 11) is -3.33. The minimum Gasteiger partial charge on any atom is -0.312 e. The van der Waals surface area contributed by atoms with Gasteiger partial charge in [-0.05, 0) is 18.4 Å². The second-order valence-electron chi connectivity index (χ2n) is 7.75. The Kier molecular flexibility index (Phi) is 5.98. The molecular weight excluding hydrogens is 362 g/mol. The lowest BCUT2D eigenvalue weighted by molar-refractivity contribution is 0.269. The molecule has 1 aliphatic rings. The fourth-order valence-electron chi connectivity index (χ4n) is 3.56. The zero-order valence-corrected chi connectivity index (χ0v) is 17.3. The maximum Gasteiger partial charge on any atom is 0.209 e. The van der Waals surface area contributed by atoms with Gasteiger partial charge in [0.05, 0.1) is 12.3 Å². The number of hydrogen-bond acceptors (Lipinski definition) is 5. The second kappa shape index (κ2) is 8.08. The van der Waals surface area contributed by atoms with E-state index in [0.717, 1.165) is 38.4 Å². The third kappa shape index (κ3) is 5.15. The fourth-order valence-corrected chi connectivity index (χ4v) is 4.40. The number of nitrogens with one attached hydrogen (secondary N) is 1. The van der Waals surface area contributed by atoms with Gasteiger partial charge in [0.2, 0.25) is 10.0 Å². The van der Waals surface area contributed by atoms with Gasteiger partial charge < -0.3 is 4.57 Å². The monoisotopic (exact) mass is 391 g/mol. The lowest BCUT2D eigenvalue weighted by atomic mass is 10.1. The Hall–Kier alpha value is -1.77. The van der Waals surface area contributed by atoms with Gasteiger partial charge >= 0.3 is 0 Å². The van der Waals surface area contributed by atoms with Gasteiger partial charge in [0.25, 0.3) is 0 Å². The molecule has 0 spiro atoms. The number of sulfonamides is 1. The minimum atomic E-state index is -3.33. The van der Waals surface area contributed by atoms with Crippen LogP contribution < -0.4 is 4.72 Å². The lowest BCUT2D eigenvalue weighted by Crippen LogP contribution is -2.33. The first-order chi connectivity index (χ1) is 12.7. The van der Waals surface area contributed by atoms with Crippen LogP contribution in [0.5, 0.6) is 0 Å². The highest BCUT2D eigenvalue weighted by Gasteiger charge is 2.28. The third-order valence-corrected chi connectivity index (χ3v) is 5.60. The van der Waals surface area contributed by atoms with E-state index >= 15 is 0 Å². The molecule has 0 radical (unpaired) electrons. The van der Waals surface area contributed by atoms with Crippen molar-refractivity contribution >= 4 is 10.0 Å². The van der Waals surface area contributed by atoms with Gasteiger partial charge in [-0.1, -0.05) is 43.7 Å². The molecule has 3 rings (SSSR count). The van der Waals surface area contributed by atoms with Crippen molar-refractivity contribution in [2.45, 2.75) is 46.3 Å². The largest absolute Gasteiger partial charge is 0.312 e. The molecule has 2 aromatic rings. The molecule has 0 fully saturated rings. The summed E-state index contributed by atoms with van der Waals surface area (Å²) in [6.45, 7) is 9.56. The summed E-state index contributed by atoms with van der Waals surface area (Å²) in [6.07, 6.45) is 1.99. The SMILES string of the molecule is Cc1cccc(CN2CCc3nnc(C(NS(C)(=O)=O)C(C)C)n3CC2)c1. The highest BCUT2D eigenvalue weighted by atomic mass is 32.2. The molecule has 0 bridgehead atoms. The molecule has 1 aromatic heterocycles. The Balaban J connectivity index is 1.76. The van der Waals surface area contributed by atoms with Crippen LogP contribution in [0.1, 0.15) is 42.7 Å². The fraction of sp³-hybridized carbons (Fsp3) is 0.579. The number of benzene rings is 1. The molecule has 1 atom stereocenters. The average Bonchev–Trinajstić information content (AvgIpc) is 2.86. The van der Waals surface area contributed by atoms with Crippen molar-refractivity contribution < 1.29 is 8.42 Å². The first-order valence-electron chi connectivity index (χ1n) is 9.40. The Morgan fingerprint density at radius 3 is 2.63 bits per heavy atom. The van der Waals surface area contributed by atoms with Crippen molar-refractivity contribution in [2.24, 2.45) is 5.92 Å². The normalized spacial score (nSPS) is 16.9. The van der Waals surface area contributed by atoms with E-state index in [2.05, 4.69) is 55.6 Å². The van der Waals surface area contributed by atoms with E-state index in [1.807, 2.05) is 13.8 Å². The number of hydrogen-bond donors (Lipinski definition) is 1. The van der Waals surface area contributed by atoms with E-state index in [4.69, 9.17) is 0 Å². The maximum absolute atomic E-state index is 11.8. The molecule has 0 saturated carbocycles. The Morgan fingerprint density at radius 2 is 1.96 bits per heavy atom. The van der Waals surface area contributed by atoms with Crippen LogP contribution in [0, 0.1) is 12.8 Å². The van der Waals surface area contributed by atoms with E-state index in [9.17, 15) is 8.42 Å². The van der Waals surface area contributed by atoms with E-state index in [0.29, 0.717) is 5.82 Å². The zero-order chi connectivity index (χ0) is 19.6. The number of rotatable bonds is 6. The molecule has 1 aromatic carbocycles. The van der Waals surface area contributed by atoms with Crippen LogP contribution in [-0.4, -0.2) is 47.4 Å². The summed E-state index contributed by atoms with van der Waals surface area (Å²) < 4.78 is 28.4. The second-order valence-corrected chi connectivity index (χ2v) is 9.53. The molecular formula is C19H29N5O2S. The molecule has 7 nitrogen and oxygen atoms in total. The van der Waals surface area contributed by atoms with Crippen molar-refractivity contribution in [3.05, 3.63) is 47.0 Å². The predicted octanol–water partition coefficient (Wildman–Crippen LogP) is 1.89. The molecule has 0 amide bonds. The number of aryl methyl sites for hydroxylation is 1. The van der Waals surface area contributed by atoms with E-state index < -0.39 is 10.0 Å². The van der Waals surface area contributed by atoms with Crippen LogP contribution >= 0.6 is 0 Å². The van der Waals surface area contributed by atoms with Crippen LogP contribution in [-0.2, 0) is 29.5 Å². The van der Waals surface area contributed by atoms with Crippen LogP contribution in [0.3, 0.4) is 0 Å². The summed E-state index contributed by atoms with van der Waals surface area (Å²) in [5.74, 6) is 1.72. The van der Waals surface area contributed by atoms with Crippen LogP contribution in [0.25, 0.3) is 0 Å². The smallest absolute Gasteiger partial charge is 0.209 e. The van der Waals surface area contributed by atoms with E-state index in [1.165, 1.54) is 17.4 Å². The Labute approximate surface area is 161 Å². The highest BCUT2D eigenvalue weighted by Crippen LogP contribution is 2.23. The molecule has 1 unspecified atom stereocenters. The highest BCUT2D eigenvalue weighted by molar-refractivity contribution is 7.88. The quantitative estimate of drug-likeness (QED) is 0.813. The van der Waals surface area contributed by atoms with Crippen LogP contribution in [0.15, 0.2) is 24.3 Å². The molecule has 1 aliphatic heterocycles. The van der Waals surface area contributed by atoms with Gasteiger partial charge in [0.1, 0.15) is 5.82 Å². The van der Waals surface area contributed by atoms with Crippen molar-refractivity contribution in [3.63, 3.8) is 0 Å². The number of aromatic nitrogens is 3. The van der Waals surface area contributed by atoms with Gasteiger partial charge in [-0.2, -0.15) is 0 Å². The number of nitrogens with zero attached hydrogens (tertiary/aromatic N) is 4. The van der Waals surface area contributed by atoms with Gasteiger partial charge in [0, 0.05) is 32.6 Å². The Bertz CT molecular complexity index is 891. The molecule has 1 N–H and O–H groups in total. The molecule has 27 heavy (non-hydrogen) atoms. The molecule has 0 aliphatic carbocycles. The van der Waals surface area contributed by atoms with Gasteiger partial charge in [0.15, 0.2) is 5.82 Å². The minimum absolute atomic E-state index is 0.0830. The van der Waals surface area contributed by atoms with E-state index in [1.54, 1.807) is 0 Å². The summed E-state index contributed by atoms with van der Waals surface area (Å²) in [5, 5.41) is 8.69. The molecule has 0 saturated heterocycles. The first kappa shape index (κ1) is 20.0. The topological polar surface area (TPSA) is 80.1 Å². The van der Waals surface area contributed by atoms with Gasteiger partial charge in [-0.3, -0.25) is 4.90 Å². The standard InChI is InChI=1S/C19H29N5O2S/c1-14(2)18(22-27(4,25)26)19-21-20-17-8-9-23(10-11-24(17)19)13-16-7-5-6-15(3)12-16/h5-7,12,14,18,22H,8-11,13H2,1-4H3. The van der Waals surface area contributed by atoms with Crippen molar-refractivity contribution in [2.75, 3.05) is 19.3 Å². The van der Waals surface area contributed by atoms with Crippen molar-refractivity contribution in [3.8, 4) is 0 Å². The lowest BCUT2D eigenvalue weighted by Gasteiger charge is -2.22. The summed E-state index contributed by atoms with van der Waals surface area (Å²) in [5.41, 5.74) is 2.58. The molecule has 2 heterocycles. The van der Waals surface area contributed by atoms with Crippen LogP contribution in [0.4, 0.5) is 0 Å². The predicted molar refractivity (Wildman–Crippen MR) is 106 cm³/mol. The van der Waals surface area contributed by atoms with Crippen LogP contribution in [0.2, 0.25) is 0 Å². The van der Waals surface area contributed by atoms with Crippen molar-refractivity contribution in [1.29, 1.82) is 0 Å². The maximum atomic E-state index is 11.8. The number of fused-ring (bicyclic) bond motifs is 1. The van der Waals surface area contributed by atoms with E-state index in [-0.39, 0.29) is 12.0 Å². The Morgan fingerprint density at radius 1 is 1.19 bits per heavy atom.